The molecule has 10 aromatic carbocycles. The minimum Gasteiger partial charge on any atom is -0.310 e. The summed E-state index contributed by atoms with van der Waals surface area (Å²) in [4.78, 5) is 4.96. The standard InChI is InChI=1S/C61H41N3S/c1-61(2)53-31-28-43-35-51(53)52-36-44(29-32-54(52)61)63(57-25-12-22-50-47-20-5-7-23-56(47)64(60(50)57)55-24-11-14-38-13-3-4-19-46(38)55)42-18-10-16-40(34-42)39-15-9-17-41(33-39)62(43)45-27-30-49-48-21-6-8-26-58(48)65-59(49)37-45/h3-37H,1-2H3. The Kier molecular flexibility index (Phi) is 7.62. The average Bonchev–Trinajstić information content (AvgIpc) is 3.96. The third-order valence-corrected chi connectivity index (χ3v) is 15.4. The molecule has 306 valence electrons. The largest absolute Gasteiger partial charge is 0.310 e. The van der Waals surface area contributed by atoms with Gasteiger partial charge in [0, 0.05) is 70.2 Å². The van der Waals surface area contributed by atoms with Crippen molar-refractivity contribution < 1.29 is 0 Å². The van der Waals surface area contributed by atoms with Gasteiger partial charge in [0.05, 0.1) is 22.4 Å². The smallest absolute Gasteiger partial charge is 0.0782 e. The summed E-state index contributed by atoms with van der Waals surface area (Å²) in [5.41, 5.74) is 17.7. The topological polar surface area (TPSA) is 11.4 Å². The number of nitrogens with zero attached hydrogens (tertiary/aromatic N) is 3. The van der Waals surface area contributed by atoms with E-state index in [-0.39, 0.29) is 5.41 Å². The molecule has 12 aromatic rings. The van der Waals surface area contributed by atoms with Crippen molar-refractivity contribution in [1.29, 1.82) is 0 Å². The summed E-state index contributed by atoms with van der Waals surface area (Å²) in [6.07, 6.45) is 0. The van der Waals surface area contributed by atoms with Gasteiger partial charge in [0.15, 0.2) is 0 Å². The number of rotatable bonds is 3. The molecule has 2 aromatic heterocycles. The van der Waals surface area contributed by atoms with E-state index in [1.807, 2.05) is 11.3 Å². The van der Waals surface area contributed by atoms with Crippen LogP contribution < -0.4 is 9.80 Å². The van der Waals surface area contributed by atoms with Crippen molar-refractivity contribution in [2.75, 3.05) is 9.80 Å². The highest BCUT2D eigenvalue weighted by atomic mass is 32.1. The third kappa shape index (κ3) is 5.29. The Bertz CT molecular complexity index is 3960. The van der Waals surface area contributed by atoms with Gasteiger partial charge in [-0.15, -0.1) is 11.3 Å². The number of fused-ring (bicyclic) bond motifs is 14. The molecule has 8 bridgehead atoms. The molecule has 0 saturated carbocycles. The molecule has 3 heterocycles. The lowest BCUT2D eigenvalue weighted by molar-refractivity contribution is 0.660. The van der Waals surface area contributed by atoms with Crippen molar-refractivity contribution in [3.05, 3.63) is 223 Å². The lowest BCUT2D eigenvalue weighted by Crippen LogP contribution is -2.16. The molecular weight excluding hydrogens is 807 g/mol. The molecule has 1 aliphatic carbocycles. The zero-order valence-electron chi connectivity index (χ0n) is 36.0. The highest BCUT2D eigenvalue weighted by molar-refractivity contribution is 7.25. The maximum absolute atomic E-state index is 2.50. The van der Waals surface area contributed by atoms with E-state index in [0.29, 0.717) is 0 Å². The molecule has 3 nitrogen and oxygen atoms in total. The number of aromatic nitrogens is 1. The molecular formula is C61H41N3S. The Morgan fingerprint density at radius 2 is 0.908 bits per heavy atom. The van der Waals surface area contributed by atoms with Crippen LogP contribution in [0.25, 0.3) is 80.7 Å². The number of para-hydroxylation sites is 2. The van der Waals surface area contributed by atoms with Crippen LogP contribution in [0.5, 0.6) is 0 Å². The molecule has 4 heteroatoms. The third-order valence-electron chi connectivity index (χ3n) is 14.2. The fourth-order valence-corrected chi connectivity index (χ4v) is 12.4. The monoisotopic (exact) mass is 847 g/mol. The minimum atomic E-state index is -0.179. The van der Waals surface area contributed by atoms with Crippen LogP contribution in [0.3, 0.4) is 0 Å². The van der Waals surface area contributed by atoms with Crippen LogP contribution in [0.15, 0.2) is 212 Å². The predicted octanol–water partition coefficient (Wildman–Crippen LogP) is 17.5. The lowest BCUT2D eigenvalue weighted by atomic mass is 9.82. The van der Waals surface area contributed by atoms with Gasteiger partial charge >= 0.3 is 0 Å². The molecule has 2 aliphatic rings. The van der Waals surface area contributed by atoms with E-state index in [4.69, 9.17) is 0 Å². The van der Waals surface area contributed by atoms with Crippen LogP contribution in [0.2, 0.25) is 0 Å². The molecule has 0 saturated heterocycles. The predicted molar refractivity (Wildman–Crippen MR) is 277 cm³/mol. The van der Waals surface area contributed by atoms with Crippen LogP contribution >= 0.6 is 11.3 Å². The van der Waals surface area contributed by atoms with Crippen LogP contribution in [0.1, 0.15) is 25.0 Å². The second-order valence-electron chi connectivity index (χ2n) is 18.2. The van der Waals surface area contributed by atoms with Crippen molar-refractivity contribution >= 4 is 98.2 Å². The molecule has 0 unspecified atom stereocenters. The van der Waals surface area contributed by atoms with Gasteiger partial charge in [-0.2, -0.15) is 0 Å². The molecule has 0 N–H and O–H groups in total. The molecule has 0 spiro atoms. The molecule has 65 heavy (non-hydrogen) atoms. The van der Waals surface area contributed by atoms with Gasteiger partial charge in [-0.05, 0) is 124 Å². The van der Waals surface area contributed by atoms with E-state index < -0.39 is 0 Å². The quantitative estimate of drug-likeness (QED) is 0.175. The number of hydrogen-bond acceptors (Lipinski definition) is 3. The van der Waals surface area contributed by atoms with Gasteiger partial charge in [-0.1, -0.05) is 141 Å². The molecule has 14 rings (SSSR count). The molecule has 0 fully saturated rings. The van der Waals surface area contributed by atoms with Gasteiger partial charge in [-0.25, -0.2) is 0 Å². The van der Waals surface area contributed by atoms with E-state index >= 15 is 0 Å². The van der Waals surface area contributed by atoms with Crippen LogP contribution in [-0.4, -0.2) is 4.57 Å². The molecule has 0 radical (unpaired) electrons. The van der Waals surface area contributed by atoms with Crippen molar-refractivity contribution in [1.82, 2.24) is 4.57 Å². The first-order valence-electron chi connectivity index (χ1n) is 22.5. The van der Waals surface area contributed by atoms with Crippen LogP contribution in [0, 0.1) is 0 Å². The van der Waals surface area contributed by atoms with Gasteiger partial charge < -0.3 is 14.4 Å². The number of hydrogen-bond donors (Lipinski definition) is 0. The number of benzene rings is 10. The first kappa shape index (κ1) is 36.6. The lowest BCUT2D eigenvalue weighted by Gasteiger charge is -2.29. The second kappa shape index (κ2) is 13.5. The maximum atomic E-state index is 2.50. The summed E-state index contributed by atoms with van der Waals surface area (Å²) in [6.45, 7) is 4.76. The van der Waals surface area contributed by atoms with Crippen molar-refractivity contribution in [2.24, 2.45) is 0 Å². The molecule has 0 atom stereocenters. The van der Waals surface area contributed by atoms with Gasteiger partial charge in [0.25, 0.3) is 0 Å². The Morgan fingerprint density at radius 3 is 1.69 bits per heavy atom. The first-order chi connectivity index (χ1) is 32.0. The van der Waals surface area contributed by atoms with Gasteiger partial charge in [0.1, 0.15) is 0 Å². The number of thiophene rings is 1. The van der Waals surface area contributed by atoms with E-state index in [2.05, 4.69) is 241 Å². The Balaban J connectivity index is 1.05. The van der Waals surface area contributed by atoms with E-state index in [1.54, 1.807) is 0 Å². The zero-order valence-corrected chi connectivity index (χ0v) is 36.8. The molecule has 0 amide bonds. The van der Waals surface area contributed by atoms with Crippen molar-refractivity contribution in [3.63, 3.8) is 0 Å². The Morgan fingerprint density at radius 1 is 0.369 bits per heavy atom. The summed E-state index contributed by atoms with van der Waals surface area (Å²) >= 11 is 1.87. The first-order valence-corrected chi connectivity index (χ1v) is 23.3. The maximum Gasteiger partial charge on any atom is 0.0782 e. The fraction of sp³-hybridized carbons (Fsp3) is 0.0492. The van der Waals surface area contributed by atoms with Crippen molar-refractivity contribution in [2.45, 2.75) is 19.3 Å². The molecule has 1 aliphatic heterocycles. The highest BCUT2D eigenvalue weighted by Gasteiger charge is 2.37. The fourth-order valence-electron chi connectivity index (χ4n) is 11.2. The normalized spacial score (nSPS) is 13.8. The van der Waals surface area contributed by atoms with E-state index in [0.717, 1.165) is 45.3 Å². The SMILES string of the molecule is CC1(C)c2ccc3cc2-c2cc(ccc21)N(c1cccc2c4ccccc4n(-c4cccc5ccccc45)c12)c1cccc(c1)-c1cccc(c1)N3c1ccc2c(c1)sc1ccccc12. The van der Waals surface area contributed by atoms with Gasteiger partial charge in [-0.3, -0.25) is 0 Å². The summed E-state index contributed by atoms with van der Waals surface area (Å²) in [5.74, 6) is 0. The Hall–Kier alpha value is -7.92. The zero-order chi connectivity index (χ0) is 43.0. The van der Waals surface area contributed by atoms with Crippen LogP contribution in [-0.2, 0) is 5.41 Å². The summed E-state index contributed by atoms with van der Waals surface area (Å²) in [7, 11) is 0. The second-order valence-corrected chi connectivity index (χ2v) is 19.2. The summed E-state index contributed by atoms with van der Waals surface area (Å²) < 4.78 is 5.11. The Labute approximate surface area is 381 Å². The van der Waals surface area contributed by atoms with E-state index in [1.165, 1.54) is 80.7 Å². The highest BCUT2D eigenvalue weighted by Crippen LogP contribution is 2.54. The van der Waals surface area contributed by atoms with E-state index in [9.17, 15) is 0 Å². The minimum absolute atomic E-state index is 0.179. The summed E-state index contributed by atoms with van der Waals surface area (Å²) in [5, 5.41) is 7.52. The van der Waals surface area contributed by atoms with Gasteiger partial charge in [0.2, 0.25) is 0 Å². The van der Waals surface area contributed by atoms with Crippen molar-refractivity contribution in [3.8, 4) is 27.9 Å². The summed E-state index contributed by atoms with van der Waals surface area (Å²) in [6, 6.07) is 79.5. The number of anilines is 6. The average molecular weight is 848 g/mol. The van der Waals surface area contributed by atoms with Crippen LogP contribution in [0.4, 0.5) is 34.1 Å².